The summed E-state index contributed by atoms with van der Waals surface area (Å²) in [5, 5.41) is 8.62. The molecule has 0 aromatic carbocycles. The van der Waals surface area contributed by atoms with Gasteiger partial charge in [-0.2, -0.15) is 0 Å². The molecule has 1 aromatic rings. The first-order chi connectivity index (χ1) is 6.59. The van der Waals surface area contributed by atoms with E-state index >= 15 is 0 Å². The van der Waals surface area contributed by atoms with Gasteiger partial charge in [-0.05, 0) is 25.0 Å². The maximum atomic E-state index is 12.7. The molecule has 0 amide bonds. The van der Waals surface area contributed by atoms with Crippen LogP contribution in [-0.4, -0.2) is 16.1 Å². The number of aliphatic carboxylic acids is 1. The lowest BCUT2D eigenvalue weighted by Crippen LogP contribution is -2.10. The lowest BCUT2D eigenvalue weighted by atomic mass is 10.0. The number of carbonyl (C=O) groups is 1. The normalized spacial score (nSPS) is 12.4. The third kappa shape index (κ3) is 3.12. The molecule has 0 fully saturated rings. The van der Waals surface area contributed by atoms with E-state index in [0.717, 1.165) is 0 Å². The number of aryl methyl sites for hydroxylation is 1. The van der Waals surface area contributed by atoms with Crippen LogP contribution in [0.25, 0.3) is 0 Å². The van der Waals surface area contributed by atoms with Gasteiger partial charge in [0.05, 0.1) is 5.92 Å². The first kappa shape index (κ1) is 10.6. The lowest BCUT2D eigenvalue weighted by molar-refractivity contribution is -0.141. The molecule has 0 saturated carbocycles. The van der Waals surface area contributed by atoms with Crippen molar-refractivity contribution in [3.8, 4) is 0 Å². The predicted molar refractivity (Wildman–Crippen MR) is 49.3 cm³/mol. The third-order valence-corrected chi connectivity index (χ3v) is 2.03. The number of carboxylic acid groups (broad SMARTS) is 1. The summed E-state index contributed by atoms with van der Waals surface area (Å²) in [5.41, 5.74) is 0.595. The van der Waals surface area contributed by atoms with Gasteiger partial charge in [-0.15, -0.1) is 0 Å². The van der Waals surface area contributed by atoms with E-state index in [9.17, 15) is 9.18 Å². The van der Waals surface area contributed by atoms with Crippen molar-refractivity contribution in [3.05, 3.63) is 29.8 Å². The Kier molecular flexibility index (Phi) is 3.56. The van der Waals surface area contributed by atoms with Gasteiger partial charge in [-0.25, -0.2) is 4.39 Å². The zero-order chi connectivity index (χ0) is 10.6. The Balaban J connectivity index is 2.49. The van der Waals surface area contributed by atoms with E-state index in [-0.39, 0.29) is 5.82 Å². The minimum atomic E-state index is -0.832. The molecule has 0 aliphatic rings. The fraction of sp³-hybridized carbons (Fsp3) is 0.400. The summed E-state index contributed by atoms with van der Waals surface area (Å²) in [5.74, 6) is -1.58. The van der Waals surface area contributed by atoms with Crippen molar-refractivity contribution in [2.24, 2.45) is 5.92 Å². The molecule has 1 rings (SSSR count). The van der Waals surface area contributed by atoms with Crippen molar-refractivity contribution < 1.29 is 14.3 Å². The van der Waals surface area contributed by atoms with E-state index < -0.39 is 11.9 Å². The molecule has 0 bridgehead atoms. The molecular formula is C10H12FNO2. The lowest BCUT2D eigenvalue weighted by Gasteiger charge is -2.04. The molecule has 76 valence electrons. The third-order valence-electron chi connectivity index (χ3n) is 2.03. The number of rotatable bonds is 4. The first-order valence-electron chi connectivity index (χ1n) is 4.43. The maximum Gasteiger partial charge on any atom is 0.306 e. The Bertz CT molecular complexity index is 328. The van der Waals surface area contributed by atoms with Crippen LogP contribution in [0.5, 0.6) is 0 Å². The second-order valence-corrected chi connectivity index (χ2v) is 3.24. The summed E-state index contributed by atoms with van der Waals surface area (Å²) in [4.78, 5) is 14.4. The van der Waals surface area contributed by atoms with E-state index in [4.69, 9.17) is 5.11 Å². The molecule has 1 aromatic heterocycles. The Hall–Kier alpha value is -1.45. The number of carboxylic acids is 1. The number of nitrogens with zero attached hydrogens (tertiary/aromatic N) is 1. The summed E-state index contributed by atoms with van der Waals surface area (Å²) < 4.78 is 12.7. The fourth-order valence-corrected chi connectivity index (χ4v) is 1.07. The number of aromatic nitrogens is 1. The van der Waals surface area contributed by atoms with Gasteiger partial charge in [-0.1, -0.05) is 6.92 Å². The van der Waals surface area contributed by atoms with Crippen molar-refractivity contribution >= 4 is 5.97 Å². The van der Waals surface area contributed by atoms with Crippen LogP contribution in [0.3, 0.4) is 0 Å². The Morgan fingerprint density at radius 3 is 3.00 bits per heavy atom. The van der Waals surface area contributed by atoms with Gasteiger partial charge in [0, 0.05) is 11.9 Å². The summed E-state index contributed by atoms with van der Waals surface area (Å²) in [7, 11) is 0. The molecule has 1 heterocycles. The van der Waals surface area contributed by atoms with Crippen LogP contribution in [-0.2, 0) is 11.2 Å². The molecule has 0 saturated heterocycles. The van der Waals surface area contributed by atoms with E-state index in [1.807, 2.05) is 0 Å². The molecule has 1 N–H and O–H groups in total. The molecule has 1 unspecified atom stereocenters. The topological polar surface area (TPSA) is 50.2 Å². The van der Waals surface area contributed by atoms with Crippen LogP contribution >= 0.6 is 0 Å². The van der Waals surface area contributed by atoms with Crippen molar-refractivity contribution in [2.45, 2.75) is 19.8 Å². The van der Waals surface area contributed by atoms with Crippen molar-refractivity contribution in [2.75, 3.05) is 0 Å². The average molecular weight is 197 g/mol. The molecule has 1 atom stereocenters. The number of hydrogen-bond donors (Lipinski definition) is 1. The number of hydrogen-bond acceptors (Lipinski definition) is 2. The predicted octanol–water partition coefficient (Wildman–Crippen LogP) is 1.87. The summed E-state index contributed by atoms with van der Waals surface area (Å²) in [6.45, 7) is 1.63. The largest absolute Gasteiger partial charge is 0.481 e. The minimum Gasteiger partial charge on any atom is -0.481 e. The molecule has 0 spiro atoms. The SMILES string of the molecule is CC(CCc1cc(F)ccn1)C(=O)O. The van der Waals surface area contributed by atoms with Crippen LogP contribution in [0.1, 0.15) is 19.0 Å². The Morgan fingerprint density at radius 1 is 1.71 bits per heavy atom. The monoisotopic (exact) mass is 197 g/mol. The summed E-state index contributed by atoms with van der Waals surface area (Å²) in [6.07, 6.45) is 2.35. The van der Waals surface area contributed by atoms with E-state index in [2.05, 4.69) is 4.98 Å². The quantitative estimate of drug-likeness (QED) is 0.801. The van der Waals surface area contributed by atoms with Crippen LogP contribution in [0.2, 0.25) is 0 Å². The minimum absolute atomic E-state index is 0.335. The molecule has 0 aliphatic heterocycles. The van der Waals surface area contributed by atoms with Crippen LogP contribution in [0.15, 0.2) is 18.3 Å². The van der Waals surface area contributed by atoms with Crippen LogP contribution in [0.4, 0.5) is 4.39 Å². The van der Waals surface area contributed by atoms with Gasteiger partial charge < -0.3 is 5.11 Å². The van der Waals surface area contributed by atoms with Gasteiger partial charge in [-0.3, -0.25) is 9.78 Å². The van der Waals surface area contributed by atoms with E-state index in [1.165, 1.54) is 18.3 Å². The zero-order valence-electron chi connectivity index (χ0n) is 7.90. The Labute approximate surface area is 81.6 Å². The van der Waals surface area contributed by atoms with Crippen molar-refractivity contribution in [1.82, 2.24) is 4.98 Å². The Morgan fingerprint density at radius 2 is 2.43 bits per heavy atom. The van der Waals surface area contributed by atoms with Gasteiger partial charge >= 0.3 is 5.97 Å². The second kappa shape index (κ2) is 4.69. The highest BCUT2D eigenvalue weighted by molar-refractivity contribution is 5.69. The highest BCUT2D eigenvalue weighted by atomic mass is 19.1. The summed E-state index contributed by atoms with van der Waals surface area (Å²) >= 11 is 0. The van der Waals surface area contributed by atoms with Gasteiger partial charge in [0.1, 0.15) is 5.82 Å². The highest BCUT2D eigenvalue weighted by Gasteiger charge is 2.10. The van der Waals surface area contributed by atoms with Crippen molar-refractivity contribution in [3.63, 3.8) is 0 Å². The molecule has 0 aliphatic carbocycles. The molecule has 3 nitrogen and oxygen atoms in total. The number of halogens is 1. The zero-order valence-corrected chi connectivity index (χ0v) is 7.90. The smallest absolute Gasteiger partial charge is 0.306 e. The molecular weight excluding hydrogens is 185 g/mol. The maximum absolute atomic E-state index is 12.7. The van der Waals surface area contributed by atoms with Gasteiger partial charge in [0.2, 0.25) is 0 Å². The van der Waals surface area contributed by atoms with E-state index in [1.54, 1.807) is 6.92 Å². The van der Waals surface area contributed by atoms with Gasteiger partial charge in [0.15, 0.2) is 0 Å². The average Bonchev–Trinajstić information content (AvgIpc) is 2.14. The van der Waals surface area contributed by atoms with E-state index in [0.29, 0.717) is 18.5 Å². The van der Waals surface area contributed by atoms with Crippen molar-refractivity contribution in [1.29, 1.82) is 0 Å². The molecule has 0 radical (unpaired) electrons. The molecule has 4 heteroatoms. The second-order valence-electron chi connectivity index (χ2n) is 3.24. The number of pyridine rings is 1. The van der Waals surface area contributed by atoms with Crippen LogP contribution < -0.4 is 0 Å². The van der Waals surface area contributed by atoms with Crippen LogP contribution in [0, 0.1) is 11.7 Å². The molecule has 14 heavy (non-hydrogen) atoms. The summed E-state index contributed by atoms with van der Waals surface area (Å²) in [6, 6.07) is 2.60. The standard InChI is InChI=1S/C10H12FNO2/c1-7(10(13)14)2-3-9-6-8(11)4-5-12-9/h4-7H,2-3H2,1H3,(H,13,14). The van der Waals surface area contributed by atoms with Gasteiger partial charge in [0.25, 0.3) is 0 Å². The fourth-order valence-electron chi connectivity index (χ4n) is 1.07. The highest BCUT2D eigenvalue weighted by Crippen LogP contribution is 2.08. The first-order valence-corrected chi connectivity index (χ1v) is 4.43.